The highest BCUT2D eigenvalue weighted by molar-refractivity contribution is 7.13. The van der Waals surface area contributed by atoms with Crippen LogP contribution in [0.2, 0.25) is 0 Å². The van der Waals surface area contributed by atoms with Gasteiger partial charge < -0.3 is 30.5 Å². The lowest BCUT2D eigenvalue weighted by Crippen LogP contribution is -2.57. The molecule has 2 aliphatic heterocycles. The topological polar surface area (TPSA) is 175 Å². The number of ketones is 1. The lowest BCUT2D eigenvalue weighted by atomic mass is 9.70. The zero-order chi connectivity index (χ0) is 49.2. The number of piperazine rings is 1. The molecule has 1 unspecified atom stereocenters. The highest BCUT2D eigenvalue weighted by Crippen LogP contribution is 2.46. The van der Waals surface area contributed by atoms with E-state index < -0.39 is 29.0 Å². The number of benzene rings is 3. The van der Waals surface area contributed by atoms with Gasteiger partial charge in [-0.3, -0.25) is 24.1 Å². The number of aromatic nitrogens is 2. The van der Waals surface area contributed by atoms with Crippen LogP contribution < -0.4 is 15.5 Å². The molecule has 2 aromatic heterocycles. The summed E-state index contributed by atoms with van der Waals surface area (Å²) in [6, 6.07) is 18.4. The molecule has 13 nitrogen and oxygen atoms in total. The summed E-state index contributed by atoms with van der Waals surface area (Å²) in [7, 11) is 0. The van der Waals surface area contributed by atoms with Crippen molar-refractivity contribution in [3.63, 3.8) is 0 Å². The Morgan fingerprint density at radius 3 is 2.41 bits per heavy atom. The first-order valence-electron chi connectivity index (χ1n) is 24.8. The molecule has 1 aliphatic carbocycles. The Morgan fingerprint density at radius 1 is 1.00 bits per heavy atom. The van der Waals surface area contributed by atoms with Crippen LogP contribution in [0.5, 0.6) is 0 Å². The Morgan fingerprint density at radius 2 is 1.72 bits per heavy atom. The van der Waals surface area contributed by atoms with Gasteiger partial charge in [0, 0.05) is 85.4 Å². The fourth-order valence-electron chi connectivity index (χ4n) is 10.5. The number of carbonyl (C=O) groups excluding carboxylic acids is 4. The van der Waals surface area contributed by atoms with Gasteiger partial charge in [0.15, 0.2) is 5.78 Å². The standard InChI is InChI=1S/C55H68N8O5S/c1-8-37-27-41-42(55(6,7)50-47(48(41)66)40-20-17-36(30-56)26-43(40)59-50)29-44(37)62-24-22-61(23-25-62)21-13-11-9-10-12-14-46(65)60-51(54(3,4)5)53(68)63-32-39(64)28-45(63)52(67)57-31-35-15-18-38(19-16-35)49-34(2)58-33-69-49/h15-20,26-27,29,33,39,45,51,59,64H,8-14,21-25,28,31-32H2,1-7H3,(H,57,67)(H,60,65)/t39-,45?,51-/m1/s1. The minimum Gasteiger partial charge on any atom is -0.391 e. The van der Waals surface area contributed by atoms with Crippen molar-refractivity contribution in [1.82, 2.24) is 30.4 Å². The summed E-state index contributed by atoms with van der Waals surface area (Å²) < 4.78 is 0. The molecule has 0 bridgehead atoms. The number of nitrogens with zero attached hydrogens (tertiary/aromatic N) is 5. The van der Waals surface area contributed by atoms with Crippen molar-refractivity contribution in [3.05, 3.63) is 105 Å². The molecule has 5 aromatic rings. The van der Waals surface area contributed by atoms with E-state index in [2.05, 4.69) is 69.4 Å². The number of aromatic amines is 1. The molecule has 0 spiro atoms. The molecule has 14 heteroatoms. The summed E-state index contributed by atoms with van der Waals surface area (Å²) in [6.07, 6.45) is 5.28. The van der Waals surface area contributed by atoms with E-state index >= 15 is 0 Å². The molecule has 8 rings (SSSR count). The van der Waals surface area contributed by atoms with Crippen molar-refractivity contribution in [3.8, 4) is 16.5 Å². The normalized spacial score (nSPS) is 18.4. The maximum atomic E-state index is 14.1. The van der Waals surface area contributed by atoms with Crippen LogP contribution in [0.25, 0.3) is 21.3 Å². The van der Waals surface area contributed by atoms with E-state index in [1.807, 2.05) is 69.6 Å². The number of nitrogens with one attached hydrogen (secondary N) is 3. The molecule has 2 saturated heterocycles. The third-order valence-electron chi connectivity index (χ3n) is 14.6. The van der Waals surface area contributed by atoms with Crippen LogP contribution in [0, 0.1) is 23.7 Å². The van der Waals surface area contributed by atoms with E-state index in [9.17, 15) is 29.5 Å². The number of aliphatic hydroxyl groups excluding tert-OH is 1. The minimum atomic E-state index is -0.848. The number of amides is 3. The van der Waals surface area contributed by atoms with Gasteiger partial charge in [0.2, 0.25) is 17.7 Å². The second kappa shape index (κ2) is 20.6. The third-order valence-corrected chi connectivity index (χ3v) is 15.6. The number of rotatable bonds is 16. The molecule has 4 heterocycles. The van der Waals surface area contributed by atoms with Gasteiger partial charge in [-0.25, -0.2) is 4.98 Å². The van der Waals surface area contributed by atoms with Crippen molar-refractivity contribution in [2.45, 2.75) is 130 Å². The lowest BCUT2D eigenvalue weighted by molar-refractivity contribution is -0.144. The van der Waals surface area contributed by atoms with Crippen LogP contribution in [0.3, 0.4) is 0 Å². The van der Waals surface area contributed by atoms with Gasteiger partial charge in [0.25, 0.3) is 0 Å². The maximum absolute atomic E-state index is 14.1. The number of aliphatic hydroxyl groups is 1. The Labute approximate surface area is 410 Å². The number of unbranched alkanes of at least 4 members (excludes halogenated alkanes) is 4. The number of fused-ring (bicyclic) bond motifs is 4. The molecule has 4 N–H and O–H groups in total. The third kappa shape index (κ3) is 10.5. The summed E-state index contributed by atoms with van der Waals surface area (Å²) in [5, 5.41) is 27.0. The van der Waals surface area contributed by atoms with Gasteiger partial charge in [-0.15, -0.1) is 11.3 Å². The highest BCUT2D eigenvalue weighted by Gasteiger charge is 2.45. The molecule has 69 heavy (non-hydrogen) atoms. The monoisotopic (exact) mass is 953 g/mol. The van der Waals surface area contributed by atoms with Crippen LogP contribution in [0.4, 0.5) is 5.69 Å². The number of nitriles is 1. The van der Waals surface area contributed by atoms with E-state index in [1.54, 1.807) is 17.4 Å². The lowest BCUT2D eigenvalue weighted by Gasteiger charge is -2.39. The second-order valence-corrected chi connectivity index (χ2v) is 21.7. The molecule has 3 aliphatic rings. The van der Waals surface area contributed by atoms with Crippen LogP contribution >= 0.6 is 11.3 Å². The summed E-state index contributed by atoms with van der Waals surface area (Å²) in [4.78, 5) is 70.5. The molecule has 0 radical (unpaired) electrons. The van der Waals surface area contributed by atoms with Crippen molar-refractivity contribution in [1.29, 1.82) is 5.26 Å². The Hall–Kier alpha value is -5.88. The van der Waals surface area contributed by atoms with Gasteiger partial charge in [-0.05, 0) is 84.7 Å². The first-order chi connectivity index (χ1) is 33.0. The fraction of sp³-hybridized carbons (Fsp3) is 0.491. The van der Waals surface area contributed by atoms with Gasteiger partial charge >= 0.3 is 0 Å². The van der Waals surface area contributed by atoms with Crippen molar-refractivity contribution in [2.75, 3.05) is 44.2 Å². The number of hydrogen-bond donors (Lipinski definition) is 4. The van der Waals surface area contributed by atoms with E-state index in [1.165, 1.54) is 16.2 Å². The first kappa shape index (κ1) is 49.5. The van der Waals surface area contributed by atoms with Crippen molar-refractivity contribution >= 4 is 51.4 Å². The average molecular weight is 953 g/mol. The van der Waals surface area contributed by atoms with Crippen molar-refractivity contribution < 1.29 is 24.3 Å². The molecule has 364 valence electrons. The van der Waals surface area contributed by atoms with Gasteiger partial charge in [0.05, 0.1) is 39.4 Å². The van der Waals surface area contributed by atoms with E-state index in [0.29, 0.717) is 12.0 Å². The number of aryl methyl sites for hydroxylation is 2. The number of hydrogen-bond acceptors (Lipinski definition) is 10. The number of carbonyl (C=O) groups is 4. The number of H-pyrrole nitrogens is 1. The van der Waals surface area contributed by atoms with Gasteiger partial charge in [-0.1, -0.05) is 91.1 Å². The molecule has 0 saturated carbocycles. The molecule has 3 amide bonds. The SMILES string of the molecule is CCc1cc2c(cc1N1CCN(CCCCCCCC(=O)N[C@H](C(=O)N3C[C@H](O)CC3C(=O)NCc3ccc(-c4scnc4C)cc3)C(C)(C)C)CC1)C(C)(C)c1[nH]c3cc(C#N)ccc3c1C2=O. The van der Waals surface area contributed by atoms with E-state index in [0.717, 1.165) is 126 Å². The highest BCUT2D eigenvalue weighted by atomic mass is 32.1. The molecule has 2 fully saturated rings. The molecular formula is C55H68N8O5S. The van der Waals surface area contributed by atoms with Gasteiger partial charge in [0.1, 0.15) is 12.1 Å². The summed E-state index contributed by atoms with van der Waals surface area (Å²) in [6.45, 7) is 19.3. The van der Waals surface area contributed by atoms with E-state index in [-0.39, 0.29) is 43.0 Å². The number of β-amino-alcohol motifs (C(OH)–C–C–N with tert-alkyl or cyclic N) is 1. The van der Waals surface area contributed by atoms with Crippen molar-refractivity contribution in [2.24, 2.45) is 5.41 Å². The fourth-order valence-corrected chi connectivity index (χ4v) is 11.3. The molecule has 3 atom stereocenters. The van der Waals surface area contributed by atoms with E-state index in [4.69, 9.17) is 0 Å². The predicted octanol–water partition coefficient (Wildman–Crippen LogP) is 8.18. The number of anilines is 1. The van der Waals surface area contributed by atoms with Crippen LogP contribution in [0.1, 0.15) is 136 Å². The summed E-state index contributed by atoms with van der Waals surface area (Å²) in [5.74, 6) is -0.821. The quantitative estimate of drug-likeness (QED) is 0.0712. The maximum Gasteiger partial charge on any atom is 0.246 e. The smallest absolute Gasteiger partial charge is 0.246 e. The zero-order valence-corrected chi connectivity index (χ0v) is 42.2. The Balaban J connectivity index is 0.766. The summed E-state index contributed by atoms with van der Waals surface area (Å²) in [5.41, 5.74) is 11.0. The first-order valence-corrected chi connectivity index (χ1v) is 25.7. The molecule has 3 aromatic carbocycles. The van der Waals surface area contributed by atoms with Gasteiger partial charge in [-0.2, -0.15) is 5.26 Å². The number of likely N-dealkylation sites (tertiary alicyclic amines) is 1. The Bertz CT molecular complexity index is 2750. The largest absolute Gasteiger partial charge is 0.391 e. The predicted molar refractivity (Wildman–Crippen MR) is 272 cm³/mol. The molecular weight excluding hydrogens is 885 g/mol. The van der Waals surface area contributed by atoms with Crippen LogP contribution in [0.15, 0.2) is 60.1 Å². The second-order valence-electron chi connectivity index (χ2n) is 20.9. The van der Waals surface area contributed by atoms with Crippen LogP contribution in [-0.2, 0) is 32.8 Å². The van der Waals surface area contributed by atoms with Crippen LogP contribution in [-0.4, -0.2) is 106 Å². The summed E-state index contributed by atoms with van der Waals surface area (Å²) >= 11 is 1.59. The zero-order valence-electron chi connectivity index (χ0n) is 41.3. The minimum absolute atomic E-state index is 0.0368. The Kier molecular flexibility index (Phi) is 14.8. The number of thiazole rings is 1. The average Bonchev–Trinajstić information content (AvgIpc) is 4.07.